The lowest BCUT2D eigenvalue weighted by atomic mass is 10.1. The van der Waals surface area contributed by atoms with Gasteiger partial charge in [0, 0.05) is 18.0 Å². The standard InChI is InChI=1S/C17H22N4/c1-2-21(13-8-4-5-9-13)17-14(16(18)19)11-12-7-3-6-10-15(12)20-17/h3,6-7,10-11,13H,2,4-5,8-9H2,1H3,(H3,18,19). The van der Waals surface area contributed by atoms with E-state index >= 15 is 0 Å². The van der Waals surface area contributed by atoms with Gasteiger partial charge < -0.3 is 10.6 Å². The van der Waals surface area contributed by atoms with Crippen LogP contribution in [-0.2, 0) is 0 Å². The first-order valence-electron chi connectivity index (χ1n) is 7.71. The van der Waals surface area contributed by atoms with Gasteiger partial charge in [-0.1, -0.05) is 31.0 Å². The number of nitrogens with one attached hydrogen (secondary N) is 1. The monoisotopic (exact) mass is 282 g/mol. The van der Waals surface area contributed by atoms with Crippen molar-refractivity contribution in [2.45, 2.75) is 38.6 Å². The number of nitrogens with zero attached hydrogens (tertiary/aromatic N) is 2. The third-order valence-corrected chi connectivity index (χ3v) is 4.37. The predicted molar refractivity (Wildman–Crippen MR) is 88.0 cm³/mol. The van der Waals surface area contributed by atoms with Crippen LogP contribution in [-0.4, -0.2) is 23.4 Å². The highest BCUT2D eigenvalue weighted by Gasteiger charge is 2.25. The molecule has 4 nitrogen and oxygen atoms in total. The second-order valence-electron chi connectivity index (χ2n) is 5.69. The van der Waals surface area contributed by atoms with Crippen LogP contribution in [0.1, 0.15) is 38.2 Å². The minimum Gasteiger partial charge on any atom is -0.384 e. The number of para-hydroxylation sites is 1. The molecule has 2 aromatic rings. The number of nitrogens with two attached hydrogens (primary N) is 1. The van der Waals surface area contributed by atoms with Crippen LogP contribution in [0.15, 0.2) is 30.3 Å². The maximum Gasteiger partial charge on any atom is 0.140 e. The molecule has 110 valence electrons. The summed E-state index contributed by atoms with van der Waals surface area (Å²) in [6.07, 6.45) is 4.98. The second-order valence-corrected chi connectivity index (χ2v) is 5.69. The molecule has 0 unspecified atom stereocenters. The SMILES string of the molecule is CCN(c1nc2ccccc2cc1C(=N)N)C1CCCC1. The molecule has 3 N–H and O–H groups in total. The summed E-state index contributed by atoms with van der Waals surface area (Å²) in [5.41, 5.74) is 7.53. The number of hydrogen-bond donors (Lipinski definition) is 2. The van der Waals surface area contributed by atoms with Crippen LogP contribution in [0.3, 0.4) is 0 Å². The molecule has 0 atom stereocenters. The van der Waals surface area contributed by atoms with Gasteiger partial charge in [-0.3, -0.25) is 5.41 Å². The molecule has 1 heterocycles. The Bertz CT molecular complexity index is 659. The summed E-state index contributed by atoms with van der Waals surface area (Å²) in [6, 6.07) is 10.6. The number of amidine groups is 1. The molecule has 0 saturated heterocycles. The summed E-state index contributed by atoms with van der Waals surface area (Å²) in [7, 11) is 0. The van der Waals surface area contributed by atoms with Crippen LogP contribution in [0, 0.1) is 5.41 Å². The zero-order valence-electron chi connectivity index (χ0n) is 12.5. The zero-order valence-corrected chi connectivity index (χ0v) is 12.5. The summed E-state index contributed by atoms with van der Waals surface area (Å²) < 4.78 is 0. The van der Waals surface area contributed by atoms with Crippen molar-refractivity contribution < 1.29 is 0 Å². The second kappa shape index (κ2) is 5.72. The Morgan fingerprint density at radius 3 is 2.71 bits per heavy atom. The first-order valence-corrected chi connectivity index (χ1v) is 7.71. The summed E-state index contributed by atoms with van der Waals surface area (Å²) in [6.45, 7) is 3.05. The molecule has 1 aromatic carbocycles. The van der Waals surface area contributed by atoms with Crippen molar-refractivity contribution in [2.24, 2.45) is 5.73 Å². The molecule has 0 spiro atoms. The first-order chi connectivity index (χ1) is 10.2. The average Bonchev–Trinajstić information content (AvgIpc) is 3.01. The Balaban J connectivity index is 2.13. The van der Waals surface area contributed by atoms with Crippen molar-refractivity contribution in [3.05, 3.63) is 35.9 Å². The van der Waals surface area contributed by atoms with E-state index in [2.05, 4.69) is 11.8 Å². The topological polar surface area (TPSA) is 66.0 Å². The minimum absolute atomic E-state index is 0.0969. The van der Waals surface area contributed by atoms with Crippen LogP contribution in [0.5, 0.6) is 0 Å². The molecule has 4 heteroatoms. The minimum atomic E-state index is 0.0969. The van der Waals surface area contributed by atoms with E-state index in [1.807, 2.05) is 30.3 Å². The van der Waals surface area contributed by atoms with Crippen molar-refractivity contribution in [1.29, 1.82) is 5.41 Å². The van der Waals surface area contributed by atoms with Crippen molar-refractivity contribution in [1.82, 2.24) is 4.98 Å². The number of rotatable bonds is 4. The number of aromatic nitrogens is 1. The van der Waals surface area contributed by atoms with E-state index < -0.39 is 0 Å². The van der Waals surface area contributed by atoms with E-state index in [4.69, 9.17) is 16.1 Å². The third-order valence-electron chi connectivity index (χ3n) is 4.37. The number of anilines is 1. The van der Waals surface area contributed by atoms with Crippen molar-refractivity contribution in [3.63, 3.8) is 0 Å². The van der Waals surface area contributed by atoms with Gasteiger partial charge >= 0.3 is 0 Å². The lowest BCUT2D eigenvalue weighted by Crippen LogP contribution is -2.35. The molecule has 0 bridgehead atoms. The normalized spacial score (nSPS) is 15.5. The lowest BCUT2D eigenvalue weighted by molar-refractivity contribution is 0.613. The molecule has 0 amide bonds. The van der Waals surface area contributed by atoms with Gasteiger partial charge in [0.1, 0.15) is 11.7 Å². The number of benzene rings is 1. The van der Waals surface area contributed by atoms with Gasteiger partial charge in [0.05, 0.1) is 11.1 Å². The van der Waals surface area contributed by atoms with Gasteiger partial charge in [-0.15, -0.1) is 0 Å². The molecule has 21 heavy (non-hydrogen) atoms. The molecule has 1 aliphatic carbocycles. The number of fused-ring (bicyclic) bond motifs is 1. The van der Waals surface area contributed by atoms with Crippen molar-refractivity contribution >= 4 is 22.6 Å². The van der Waals surface area contributed by atoms with Gasteiger partial charge in [0.25, 0.3) is 0 Å². The van der Waals surface area contributed by atoms with Crippen LogP contribution in [0.25, 0.3) is 10.9 Å². The summed E-state index contributed by atoms with van der Waals surface area (Å²) >= 11 is 0. The Morgan fingerprint density at radius 1 is 1.33 bits per heavy atom. The van der Waals surface area contributed by atoms with Crippen LogP contribution in [0.2, 0.25) is 0 Å². The summed E-state index contributed by atoms with van der Waals surface area (Å²) in [5.74, 6) is 0.968. The molecular weight excluding hydrogens is 260 g/mol. The number of hydrogen-bond acceptors (Lipinski definition) is 3. The fourth-order valence-corrected chi connectivity index (χ4v) is 3.32. The number of pyridine rings is 1. The molecule has 0 aliphatic heterocycles. The maximum absolute atomic E-state index is 7.90. The van der Waals surface area contributed by atoms with Crippen LogP contribution >= 0.6 is 0 Å². The molecular formula is C17H22N4. The first kappa shape index (κ1) is 13.9. The smallest absolute Gasteiger partial charge is 0.140 e. The van der Waals surface area contributed by atoms with Crippen LogP contribution in [0.4, 0.5) is 5.82 Å². The zero-order chi connectivity index (χ0) is 14.8. The van der Waals surface area contributed by atoms with E-state index in [0.29, 0.717) is 6.04 Å². The van der Waals surface area contributed by atoms with Crippen molar-refractivity contribution in [3.8, 4) is 0 Å². The Morgan fingerprint density at radius 2 is 2.05 bits per heavy atom. The van der Waals surface area contributed by atoms with Gasteiger partial charge in [-0.25, -0.2) is 4.98 Å². The third kappa shape index (κ3) is 2.58. The molecule has 1 aromatic heterocycles. The van der Waals surface area contributed by atoms with Crippen molar-refractivity contribution in [2.75, 3.05) is 11.4 Å². The van der Waals surface area contributed by atoms with E-state index in [-0.39, 0.29) is 5.84 Å². The molecule has 0 radical (unpaired) electrons. The fraction of sp³-hybridized carbons (Fsp3) is 0.412. The van der Waals surface area contributed by atoms with E-state index in [1.165, 1.54) is 25.7 Å². The summed E-state index contributed by atoms with van der Waals surface area (Å²) in [5, 5.41) is 8.94. The highest BCUT2D eigenvalue weighted by molar-refractivity contribution is 6.03. The Labute approximate surface area is 125 Å². The molecule has 1 fully saturated rings. The lowest BCUT2D eigenvalue weighted by Gasteiger charge is -2.30. The average molecular weight is 282 g/mol. The highest BCUT2D eigenvalue weighted by atomic mass is 15.2. The van der Waals surface area contributed by atoms with E-state index in [9.17, 15) is 0 Å². The number of nitrogen functional groups attached to an aromatic ring is 1. The Kier molecular flexibility index (Phi) is 3.78. The van der Waals surface area contributed by atoms with E-state index in [0.717, 1.165) is 28.8 Å². The van der Waals surface area contributed by atoms with Gasteiger partial charge in [0.15, 0.2) is 0 Å². The van der Waals surface area contributed by atoms with Gasteiger partial charge in [-0.05, 0) is 31.9 Å². The largest absolute Gasteiger partial charge is 0.384 e. The predicted octanol–water partition coefficient (Wildman–Crippen LogP) is 3.29. The fourth-order valence-electron chi connectivity index (χ4n) is 3.32. The maximum atomic E-state index is 7.90. The quantitative estimate of drug-likeness (QED) is 0.668. The molecule has 1 aliphatic rings. The molecule has 1 saturated carbocycles. The summed E-state index contributed by atoms with van der Waals surface area (Å²) in [4.78, 5) is 7.15. The van der Waals surface area contributed by atoms with Gasteiger partial charge in [-0.2, -0.15) is 0 Å². The van der Waals surface area contributed by atoms with Crippen LogP contribution < -0.4 is 10.6 Å². The highest BCUT2D eigenvalue weighted by Crippen LogP contribution is 2.30. The Hall–Kier alpha value is -2.10. The molecule has 3 rings (SSSR count). The van der Waals surface area contributed by atoms with E-state index in [1.54, 1.807) is 0 Å². The van der Waals surface area contributed by atoms with Gasteiger partial charge in [0.2, 0.25) is 0 Å².